The van der Waals surface area contributed by atoms with E-state index in [0.29, 0.717) is 33.0 Å². The van der Waals surface area contributed by atoms with Gasteiger partial charge in [0.25, 0.3) is 0 Å². The van der Waals surface area contributed by atoms with E-state index in [9.17, 15) is 0 Å². The van der Waals surface area contributed by atoms with Gasteiger partial charge in [-0.1, -0.05) is 72.8 Å². The summed E-state index contributed by atoms with van der Waals surface area (Å²) in [5.74, 6) is 4.09. The summed E-state index contributed by atoms with van der Waals surface area (Å²) in [4.78, 5) is 0. The molecule has 4 aromatic rings. The van der Waals surface area contributed by atoms with Crippen LogP contribution in [0.15, 0.2) is 42.5 Å². The zero-order valence-electron chi connectivity index (χ0n) is 27.2. The lowest BCUT2D eigenvalue weighted by molar-refractivity contribution is 0.262. The number of hydrogen-bond acceptors (Lipinski definition) is 5. The first kappa shape index (κ1) is 32.6. The highest BCUT2D eigenvalue weighted by Crippen LogP contribution is 2.45. The van der Waals surface area contributed by atoms with Gasteiger partial charge in [0, 0.05) is 0 Å². The van der Waals surface area contributed by atoms with E-state index in [1.165, 1.54) is 0 Å². The molecule has 0 N–H and O–H groups in total. The summed E-state index contributed by atoms with van der Waals surface area (Å²) < 4.78 is 31.6. The molecule has 0 unspecified atom stereocenters. The smallest absolute Gasteiger partial charge is 0.161 e. The van der Waals surface area contributed by atoms with E-state index < -0.39 is 0 Å². The fraction of sp³-hybridized carbons (Fsp3) is 0.526. The molecule has 0 radical (unpaired) electrons. The molecule has 5 nitrogen and oxygen atoms in total. The van der Waals surface area contributed by atoms with Crippen molar-refractivity contribution in [2.75, 3.05) is 33.0 Å². The molecule has 0 saturated carbocycles. The summed E-state index contributed by atoms with van der Waals surface area (Å²) >= 11 is 0. The van der Waals surface area contributed by atoms with Crippen molar-refractivity contribution < 1.29 is 23.7 Å². The maximum absolute atomic E-state index is 6.36. The lowest BCUT2D eigenvalue weighted by Crippen LogP contribution is -2.04. The van der Waals surface area contributed by atoms with E-state index in [1.54, 1.807) is 0 Å². The van der Waals surface area contributed by atoms with Crippen LogP contribution in [0, 0.1) is 0 Å². The van der Waals surface area contributed by atoms with Crippen LogP contribution in [0.4, 0.5) is 0 Å². The van der Waals surface area contributed by atoms with E-state index in [1.807, 2.05) is 0 Å². The van der Waals surface area contributed by atoms with Crippen LogP contribution < -0.4 is 23.7 Å². The van der Waals surface area contributed by atoms with Gasteiger partial charge in [-0.3, -0.25) is 0 Å². The molecule has 0 atom stereocenters. The van der Waals surface area contributed by atoms with Gasteiger partial charge in [0.15, 0.2) is 23.0 Å². The maximum atomic E-state index is 6.36. The third-order valence-electron chi connectivity index (χ3n) is 7.82. The van der Waals surface area contributed by atoms with Gasteiger partial charge in [-0.05, 0) is 101 Å². The first-order valence-corrected chi connectivity index (χ1v) is 16.8. The highest BCUT2D eigenvalue weighted by atomic mass is 16.5. The van der Waals surface area contributed by atoms with Gasteiger partial charge in [-0.15, -0.1) is 0 Å². The average molecular weight is 589 g/mol. The monoisotopic (exact) mass is 588 g/mol. The Morgan fingerprint density at radius 1 is 0.349 bits per heavy atom. The van der Waals surface area contributed by atoms with E-state index in [4.69, 9.17) is 23.7 Å². The van der Waals surface area contributed by atoms with Gasteiger partial charge in [0.05, 0.1) is 33.0 Å². The summed E-state index contributed by atoms with van der Waals surface area (Å²) in [5, 5.41) is 6.79. The first-order valence-electron chi connectivity index (χ1n) is 16.8. The van der Waals surface area contributed by atoms with E-state index in [2.05, 4.69) is 77.1 Å². The molecule has 234 valence electrons. The van der Waals surface area contributed by atoms with Crippen LogP contribution in [-0.2, 0) is 0 Å². The summed E-state index contributed by atoms with van der Waals surface area (Å²) in [6, 6.07) is 15.2. The van der Waals surface area contributed by atoms with Crippen molar-refractivity contribution in [3.05, 3.63) is 42.5 Å². The van der Waals surface area contributed by atoms with Crippen LogP contribution in [0.3, 0.4) is 0 Å². The van der Waals surface area contributed by atoms with Gasteiger partial charge in [-0.2, -0.15) is 0 Å². The van der Waals surface area contributed by atoms with Crippen molar-refractivity contribution in [1.29, 1.82) is 0 Å². The van der Waals surface area contributed by atoms with Gasteiger partial charge in [0.1, 0.15) is 5.75 Å². The number of ether oxygens (including phenoxy) is 5. The Kier molecular flexibility index (Phi) is 12.9. The Morgan fingerprint density at radius 3 is 1.00 bits per heavy atom. The van der Waals surface area contributed by atoms with Gasteiger partial charge < -0.3 is 23.7 Å². The van der Waals surface area contributed by atoms with Crippen molar-refractivity contribution in [3.63, 3.8) is 0 Å². The molecule has 0 aromatic heterocycles. The topological polar surface area (TPSA) is 46.2 Å². The molecule has 43 heavy (non-hydrogen) atoms. The van der Waals surface area contributed by atoms with E-state index in [0.717, 1.165) is 125 Å². The second-order valence-electron chi connectivity index (χ2n) is 11.4. The van der Waals surface area contributed by atoms with Crippen molar-refractivity contribution in [1.82, 2.24) is 0 Å². The third kappa shape index (κ3) is 8.40. The molecule has 0 aliphatic carbocycles. The summed E-state index contributed by atoms with van der Waals surface area (Å²) in [6.45, 7) is 14.3. The minimum atomic E-state index is 0.661. The number of rotatable bonds is 20. The predicted octanol–water partition coefficient (Wildman–Crippen LogP) is 11.0. The Labute approximate surface area is 258 Å². The van der Waals surface area contributed by atoms with Crippen LogP contribution >= 0.6 is 0 Å². The molecule has 0 aliphatic heterocycles. The van der Waals surface area contributed by atoms with Crippen molar-refractivity contribution in [2.24, 2.45) is 0 Å². The van der Waals surface area contributed by atoms with Gasteiger partial charge >= 0.3 is 0 Å². The minimum Gasteiger partial charge on any atom is -0.494 e. The summed E-state index contributed by atoms with van der Waals surface area (Å²) in [5.41, 5.74) is 0. The second-order valence-corrected chi connectivity index (χ2v) is 11.4. The number of fused-ring (bicyclic) bond motifs is 6. The largest absolute Gasteiger partial charge is 0.494 e. The standard InChI is InChI=1S/C38H52O5/c1-6-11-18-39-28-16-17-29-30(23-28)32-25-36(41-20-13-8-3)38(43-22-15-10-5)27-34(32)33-26-37(42-21-14-9-4)35(24-31(29)33)40-19-12-7-2/h16-17,23-27H,6-15,18-22H2,1-5H3. The molecular formula is C38H52O5. The molecule has 0 heterocycles. The van der Waals surface area contributed by atoms with Crippen LogP contribution in [0.2, 0.25) is 0 Å². The molecule has 0 saturated heterocycles. The number of unbranched alkanes of at least 4 members (excludes halogenated alkanes) is 5. The molecule has 5 heteroatoms. The highest BCUT2D eigenvalue weighted by Gasteiger charge is 2.18. The lowest BCUT2D eigenvalue weighted by Gasteiger charge is -2.19. The predicted molar refractivity (Wildman–Crippen MR) is 181 cm³/mol. The Balaban J connectivity index is 1.98. The Bertz CT molecular complexity index is 1400. The zero-order valence-corrected chi connectivity index (χ0v) is 27.2. The normalized spacial score (nSPS) is 11.4. The van der Waals surface area contributed by atoms with E-state index >= 15 is 0 Å². The molecule has 0 bridgehead atoms. The molecule has 0 amide bonds. The minimum absolute atomic E-state index is 0.661. The van der Waals surface area contributed by atoms with Crippen LogP contribution in [0.25, 0.3) is 32.3 Å². The van der Waals surface area contributed by atoms with Gasteiger partial charge in [0.2, 0.25) is 0 Å². The Morgan fingerprint density at radius 2 is 0.651 bits per heavy atom. The number of hydrogen-bond donors (Lipinski definition) is 0. The highest BCUT2D eigenvalue weighted by molar-refractivity contribution is 6.26. The average Bonchev–Trinajstić information content (AvgIpc) is 3.02. The third-order valence-corrected chi connectivity index (χ3v) is 7.82. The number of benzene rings is 4. The van der Waals surface area contributed by atoms with Crippen LogP contribution in [0.5, 0.6) is 28.7 Å². The quantitative estimate of drug-likeness (QED) is 0.0759. The van der Waals surface area contributed by atoms with E-state index in [-0.39, 0.29) is 0 Å². The summed E-state index contributed by atoms with van der Waals surface area (Å²) in [7, 11) is 0. The fourth-order valence-corrected chi connectivity index (χ4v) is 5.17. The van der Waals surface area contributed by atoms with Crippen molar-refractivity contribution in [3.8, 4) is 28.7 Å². The second kappa shape index (κ2) is 17.1. The molecule has 0 fully saturated rings. The first-order chi connectivity index (χ1) is 21.1. The van der Waals surface area contributed by atoms with Crippen LogP contribution in [-0.4, -0.2) is 33.0 Å². The SMILES string of the molecule is CCCCOc1ccc2c(c1)c1cc(OCCCC)c(OCCCC)cc1c1cc(OCCCC)c(OCCCC)cc21. The van der Waals surface area contributed by atoms with Crippen molar-refractivity contribution >= 4 is 32.3 Å². The van der Waals surface area contributed by atoms with Crippen LogP contribution in [0.1, 0.15) is 98.8 Å². The molecule has 0 spiro atoms. The zero-order chi connectivity index (χ0) is 30.4. The fourth-order valence-electron chi connectivity index (χ4n) is 5.17. The van der Waals surface area contributed by atoms with Gasteiger partial charge in [-0.25, -0.2) is 0 Å². The molecule has 4 aromatic carbocycles. The molecule has 4 rings (SSSR count). The summed E-state index contributed by atoms with van der Waals surface area (Å²) in [6.07, 6.45) is 10.4. The maximum Gasteiger partial charge on any atom is 0.161 e. The molecular weight excluding hydrogens is 536 g/mol. The lowest BCUT2D eigenvalue weighted by atomic mass is 9.93. The molecule has 0 aliphatic rings. The Hall–Kier alpha value is -3.34. The van der Waals surface area contributed by atoms with Crippen molar-refractivity contribution in [2.45, 2.75) is 98.8 Å².